The summed E-state index contributed by atoms with van der Waals surface area (Å²) in [4.78, 5) is 2.52. The fourth-order valence-electron chi connectivity index (χ4n) is 12.3. The lowest BCUT2D eigenvalue weighted by atomic mass is 9.70. The highest BCUT2D eigenvalue weighted by Crippen LogP contribution is 2.63. The van der Waals surface area contributed by atoms with Gasteiger partial charge in [0.25, 0.3) is 0 Å². The lowest BCUT2D eigenvalue weighted by Gasteiger charge is -2.33. The van der Waals surface area contributed by atoms with E-state index in [0.29, 0.717) is 0 Å². The van der Waals surface area contributed by atoms with E-state index in [1.807, 2.05) is 0 Å². The van der Waals surface area contributed by atoms with Gasteiger partial charge >= 0.3 is 0 Å². The van der Waals surface area contributed by atoms with Gasteiger partial charge in [0.1, 0.15) is 11.2 Å². The number of hydrogen-bond acceptors (Lipinski definition) is 2. The number of anilines is 3. The molecule has 2 aliphatic rings. The maximum Gasteiger partial charge on any atom is 0.136 e. The summed E-state index contributed by atoms with van der Waals surface area (Å²) in [5, 5.41) is 7.03. The molecule has 3 nitrogen and oxygen atoms in total. The average Bonchev–Trinajstić information content (AvgIpc) is 4.12. The average molecular weight is 865 g/mol. The predicted octanol–water partition coefficient (Wildman–Crippen LogP) is 17.3. The highest BCUT2D eigenvalue weighted by molar-refractivity contribution is 6.17. The summed E-state index contributed by atoms with van der Waals surface area (Å²) in [5.74, 6) is 0. The fraction of sp³-hybridized carbons (Fsp3) is 0.0154. The van der Waals surface area contributed by atoms with Gasteiger partial charge in [0.2, 0.25) is 0 Å². The first-order valence-electron chi connectivity index (χ1n) is 23.5. The molecule has 1 spiro atoms. The van der Waals surface area contributed by atoms with Gasteiger partial charge in [-0.3, -0.25) is 0 Å². The maximum absolute atomic E-state index is 6.72. The molecule has 2 heterocycles. The maximum atomic E-state index is 6.72. The van der Waals surface area contributed by atoms with Gasteiger partial charge in [0, 0.05) is 32.8 Å². The third-order valence-electron chi connectivity index (χ3n) is 15.0. The van der Waals surface area contributed by atoms with Crippen molar-refractivity contribution in [2.75, 3.05) is 4.90 Å². The van der Waals surface area contributed by atoms with Crippen LogP contribution in [0.25, 0.3) is 93.6 Å². The van der Waals surface area contributed by atoms with Gasteiger partial charge < -0.3 is 13.9 Å². The molecule has 13 aromatic rings. The van der Waals surface area contributed by atoms with Crippen LogP contribution in [-0.4, -0.2) is 4.57 Å². The highest BCUT2D eigenvalue weighted by atomic mass is 16.3. The van der Waals surface area contributed by atoms with Crippen molar-refractivity contribution in [3.63, 3.8) is 0 Å². The van der Waals surface area contributed by atoms with Crippen LogP contribution < -0.4 is 4.90 Å². The van der Waals surface area contributed by atoms with Crippen molar-refractivity contribution in [2.24, 2.45) is 0 Å². The first-order chi connectivity index (χ1) is 33.8. The van der Waals surface area contributed by atoms with Crippen molar-refractivity contribution in [2.45, 2.75) is 5.41 Å². The monoisotopic (exact) mass is 864 g/mol. The van der Waals surface area contributed by atoms with Gasteiger partial charge in [-0.25, -0.2) is 0 Å². The summed E-state index contributed by atoms with van der Waals surface area (Å²) < 4.78 is 9.17. The number of furan rings is 1. The number of hydrogen-bond donors (Lipinski definition) is 0. The Hall–Kier alpha value is -8.92. The van der Waals surface area contributed by atoms with E-state index >= 15 is 0 Å². The number of aromatic nitrogens is 1. The van der Waals surface area contributed by atoms with E-state index in [4.69, 9.17) is 4.42 Å². The molecule has 0 N–H and O–H groups in total. The third-order valence-corrected chi connectivity index (χ3v) is 15.0. The molecule has 3 heteroatoms. The standard InChI is InChI=1S/C65H40N2O/c1-2-19-42-39-63-52(38-41(42)18-1)64-51(26-17-35-62(64)68-63)50-25-8-12-30-57(50)66(60-33-15-16-34-61(60)67-58-31-13-6-23-48(58)49-24-7-14-32-59(49)67)43-36-37-47-46-22-5-11-29-55(46)65(56(47)40-43)53-27-9-3-20-44(53)45-21-4-10-28-54(45)65/h1-40H. The molecule has 0 bridgehead atoms. The first-order valence-corrected chi connectivity index (χ1v) is 23.5. The molecule has 2 aliphatic carbocycles. The van der Waals surface area contributed by atoms with E-state index in [1.54, 1.807) is 0 Å². The largest absolute Gasteiger partial charge is 0.456 e. The SMILES string of the molecule is c1ccc(N(c2ccc3c(c2)C2(c4ccccc4-c4ccccc42)c2ccccc2-3)c2ccccc2-n2c3ccccc3c3ccccc32)c(-c2cccc3oc4cc5ccccc5cc4c23)c1. The first kappa shape index (κ1) is 37.3. The number of benzene rings is 11. The van der Waals surface area contributed by atoms with Crippen LogP contribution in [0, 0.1) is 0 Å². The molecule has 0 unspecified atom stereocenters. The molecule has 0 saturated carbocycles. The minimum Gasteiger partial charge on any atom is -0.456 e. The summed E-state index contributed by atoms with van der Waals surface area (Å²) in [5.41, 5.74) is 20.5. The van der Waals surface area contributed by atoms with E-state index in [2.05, 4.69) is 252 Å². The molecule has 0 aliphatic heterocycles. The molecule has 0 amide bonds. The summed E-state index contributed by atoms with van der Waals surface area (Å²) in [7, 11) is 0. The lowest BCUT2D eigenvalue weighted by Crippen LogP contribution is -2.26. The Morgan fingerprint density at radius 2 is 0.853 bits per heavy atom. The molecule has 316 valence electrons. The molecular weight excluding hydrogens is 825 g/mol. The Balaban J connectivity index is 1.05. The molecule has 0 radical (unpaired) electrons. The Kier molecular flexibility index (Phi) is 7.71. The van der Waals surface area contributed by atoms with Crippen molar-refractivity contribution < 1.29 is 4.42 Å². The molecule has 0 fully saturated rings. The zero-order chi connectivity index (χ0) is 44.5. The van der Waals surface area contributed by atoms with E-state index in [0.717, 1.165) is 61.2 Å². The van der Waals surface area contributed by atoms with Crippen LogP contribution in [0.1, 0.15) is 22.3 Å². The van der Waals surface area contributed by atoms with Gasteiger partial charge in [0.05, 0.1) is 33.5 Å². The summed E-state index contributed by atoms with van der Waals surface area (Å²) >= 11 is 0. The van der Waals surface area contributed by atoms with Crippen molar-refractivity contribution in [3.8, 4) is 39.1 Å². The van der Waals surface area contributed by atoms with Gasteiger partial charge in [0.15, 0.2) is 0 Å². The Morgan fingerprint density at radius 3 is 1.53 bits per heavy atom. The van der Waals surface area contributed by atoms with E-state index < -0.39 is 5.41 Å². The van der Waals surface area contributed by atoms with Crippen LogP contribution in [0.2, 0.25) is 0 Å². The fourth-order valence-corrected chi connectivity index (χ4v) is 12.3. The van der Waals surface area contributed by atoms with Gasteiger partial charge in [-0.2, -0.15) is 0 Å². The summed E-state index contributed by atoms with van der Waals surface area (Å²) in [6.45, 7) is 0. The number of fused-ring (bicyclic) bond motifs is 17. The second kappa shape index (κ2) is 14.0. The molecule has 0 atom stereocenters. The Morgan fingerprint density at radius 1 is 0.338 bits per heavy atom. The van der Waals surface area contributed by atoms with Crippen molar-refractivity contribution in [1.82, 2.24) is 4.57 Å². The molecular formula is C65H40N2O. The zero-order valence-corrected chi connectivity index (χ0v) is 36.9. The molecule has 15 rings (SSSR count). The number of nitrogens with zero attached hydrogens (tertiary/aromatic N) is 2. The Bertz CT molecular complexity index is 4130. The minimum absolute atomic E-state index is 0.503. The van der Waals surface area contributed by atoms with Crippen LogP contribution in [0.4, 0.5) is 17.1 Å². The van der Waals surface area contributed by atoms with Gasteiger partial charge in [-0.1, -0.05) is 182 Å². The van der Waals surface area contributed by atoms with E-state index in [-0.39, 0.29) is 0 Å². The lowest BCUT2D eigenvalue weighted by molar-refractivity contribution is 0.669. The third kappa shape index (κ3) is 4.97. The predicted molar refractivity (Wildman–Crippen MR) is 282 cm³/mol. The van der Waals surface area contributed by atoms with Crippen molar-refractivity contribution in [3.05, 3.63) is 265 Å². The minimum atomic E-state index is -0.503. The van der Waals surface area contributed by atoms with Crippen molar-refractivity contribution >= 4 is 71.6 Å². The number of rotatable bonds is 5. The van der Waals surface area contributed by atoms with Crippen LogP contribution in [0.3, 0.4) is 0 Å². The topological polar surface area (TPSA) is 21.3 Å². The van der Waals surface area contributed by atoms with Crippen molar-refractivity contribution in [1.29, 1.82) is 0 Å². The second-order valence-electron chi connectivity index (χ2n) is 18.3. The zero-order valence-electron chi connectivity index (χ0n) is 36.9. The summed E-state index contributed by atoms with van der Waals surface area (Å²) in [6.07, 6.45) is 0. The van der Waals surface area contributed by atoms with E-state index in [9.17, 15) is 0 Å². The quantitative estimate of drug-likeness (QED) is 0.172. The second-order valence-corrected chi connectivity index (χ2v) is 18.3. The van der Waals surface area contributed by atoms with Crippen LogP contribution >= 0.6 is 0 Å². The molecule has 68 heavy (non-hydrogen) atoms. The smallest absolute Gasteiger partial charge is 0.136 e. The molecule has 2 aromatic heterocycles. The van der Waals surface area contributed by atoms with Gasteiger partial charge in [-0.05, 0) is 122 Å². The van der Waals surface area contributed by atoms with Crippen LogP contribution in [0.15, 0.2) is 247 Å². The van der Waals surface area contributed by atoms with Crippen LogP contribution in [-0.2, 0) is 5.41 Å². The highest BCUT2D eigenvalue weighted by Gasteiger charge is 2.51. The Labute approximate surface area is 393 Å². The molecule has 0 saturated heterocycles. The normalized spacial score (nSPS) is 13.1. The molecule has 11 aromatic carbocycles. The van der Waals surface area contributed by atoms with Gasteiger partial charge in [-0.15, -0.1) is 0 Å². The van der Waals surface area contributed by atoms with Crippen LogP contribution in [0.5, 0.6) is 0 Å². The summed E-state index contributed by atoms with van der Waals surface area (Å²) in [6, 6.07) is 89.5. The number of para-hydroxylation sites is 5. The van der Waals surface area contributed by atoms with E-state index in [1.165, 1.54) is 71.7 Å².